The number of nitrogens with one attached hydrogen (secondary N) is 1. The van der Waals surface area contributed by atoms with Crippen LogP contribution in [0, 0.1) is 13.8 Å². The highest BCUT2D eigenvalue weighted by molar-refractivity contribution is 5.79. The Morgan fingerprint density at radius 2 is 2.05 bits per heavy atom. The van der Waals surface area contributed by atoms with E-state index in [4.69, 9.17) is 9.84 Å². The zero-order chi connectivity index (χ0) is 17.1. The van der Waals surface area contributed by atoms with Gasteiger partial charge in [0.25, 0.3) is 0 Å². The molecular weight excluding hydrogens is 284 g/mol. The van der Waals surface area contributed by atoms with Gasteiger partial charge in [-0.15, -0.1) is 0 Å². The van der Waals surface area contributed by atoms with E-state index in [1.807, 2.05) is 32.0 Å². The lowest BCUT2D eigenvalue weighted by Crippen LogP contribution is -2.28. The fourth-order valence-corrected chi connectivity index (χ4v) is 1.47. The predicted octanol–water partition coefficient (Wildman–Crippen LogP) is 1.86. The van der Waals surface area contributed by atoms with Gasteiger partial charge < -0.3 is 20.9 Å². The second-order valence-corrected chi connectivity index (χ2v) is 4.63. The van der Waals surface area contributed by atoms with Crippen molar-refractivity contribution in [3.05, 3.63) is 42.0 Å². The van der Waals surface area contributed by atoms with E-state index in [0.29, 0.717) is 0 Å². The van der Waals surface area contributed by atoms with Crippen molar-refractivity contribution < 1.29 is 19.4 Å². The number of carbonyl (C=O) groups is 2. The summed E-state index contributed by atoms with van der Waals surface area (Å²) in [7, 11) is 0. The van der Waals surface area contributed by atoms with E-state index >= 15 is 0 Å². The van der Waals surface area contributed by atoms with Gasteiger partial charge in [0, 0.05) is 5.69 Å². The molecule has 4 N–H and O–H groups in total. The number of hydrogen-bond acceptors (Lipinski definition) is 5. The highest BCUT2D eigenvalue weighted by Crippen LogP contribution is 2.18. The van der Waals surface area contributed by atoms with Crippen LogP contribution in [0.25, 0.3) is 0 Å². The number of aryl methyl sites for hydroxylation is 1. The van der Waals surface area contributed by atoms with Crippen LogP contribution in [0.4, 0.5) is 5.69 Å². The van der Waals surface area contributed by atoms with Gasteiger partial charge in [-0.3, -0.25) is 4.79 Å². The van der Waals surface area contributed by atoms with Crippen molar-refractivity contribution in [3.8, 4) is 0 Å². The van der Waals surface area contributed by atoms with Gasteiger partial charge in [0.2, 0.25) is 0 Å². The van der Waals surface area contributed by atoms with Crippen LogP contribution < -0.4 is 11.1 Å². The molecule has 1 aromatic carbocycles. The van der Waals surface area contributed by atoms with Crippen molar-refractivity contribution in [2.45, 2.75) is 26.8 Å². The molecule has 1 atom stereocenters. The van der Waals surface area contributed by atoms with Crippen LogP contribution in [-0.4, -0.2) is 36.2 Å². The molecule has 0 radical (unpaired) electrons. The molecule has 1 rings (SSSR count). The molecule has 0 saturated carbocycles. The average Bonchev–Trinajstić information content (AvgIpc) is 2.49. The van der Waals surface area contributed by atoms with E-state index in [2.05, 4.69) is 17.6 Å². The number of nitrogens with two attached hydrogens (primary N) is 1. The number of esters is 1. The fourth-order valence-electron chi connectivity index (χ4n) is 1.47. The van der Waals surface area contributed by atoms with Crippen molar-refractivity contribution >= 4 is 17.6 Å². The first kappa shape index (κ1) is 19.7. The van der Waals surface area contributed by atoms with Crippen molar-refractivity contribution in [1.29, 1.82) is 0 Å². The molecule has 0 aliphatic heterocycles. The number of rotatable bonds is 6. The number of anilines is 1. The molecule has 122 valence electrons. The lowest BCUT2D eigenvalue weighted by Gasteiger charge is -2.16. The maximum absolute atomic E-state index is 11.6. The van der Waals surface area contributed by atoms with E-state index in [-0.39, 0.29) is 25.2 Å². The quantitative estimate of drug-likeness (QED) is 0.548. The zero-order valence-corrected chi connectivity index (χ0v) is 13.3. The lowest BCUT2D eigenvalue weighted by atomic mass is 10.1. The summed E-state index contributed by atoms with van der Waals surface area (Å²) in [4.78, 5) is 20.8. The normalized spacial score (nSPS) is 10.7. The highest BCUT2D eigenvalue weighted by atomic mass is 16.5. The third kappa shape index (κ3) is 7.44. The van der Waals surface area contributed by atoms with Gasteiger partial charge in [-0.25, -0.2) is 4.79 Å². The Hall–Kier alpha value is -2.34. The number of ether oxygens (including phenoxy) is 1. The van der Waals surface area contributed by atoms with Crippen LogP contribution in [-0.2, 0) is 14.3 Å². The van der Waals surface area contributed by atoms with E-state index in [0.717, 1.165) is 11.3 Å². The van der Waals surface area contributed by atoms with Crippen molar-refractivity contribution in [3.63, 3.8) is 0 Å². The van der Waals surface area contributed by atoms with E-state index in [1.54, 1.807) is 13.0 Å². The minimum Gasteiger partial charge on any atom is -0.480 e. The van der Waals surface area contributed by atoms with Gasteiger partial charge in [0.05, 0.1) is 6.54 Å². The first-order valence-corrected chi connectivity index (χ1v) is 6.85. The van der Waals surface area contributed by atoms with Crippen LogP contribution in [0.2, 0.25) is 0 Å². The molecule has 0 aliphatic carbocycles. The van der Waals surface area contributed by atoms with Crippen molar-refractivity contribution in [2.24, 2.45) is 5.73 Å². The van der Waals surface area contributed by atoms with Crippen LogP contribution in [0.15, 0.2) is 30.9 Å². The second kappa shape index (κ2) is 10.4. The Bertz CT molecular complexity index is 515. The number of carboxylic acid groups (broad SMARTS) is 1. The zero-order valence-electron chi connectivity index (χ0n) is 13.3. The number of hydrogen-bond donors (Lipinski definition) is 3. The topological polar surface area (TPSA) is 102 Å². The summed E-state index contributed by atoms with van der Waals surface area (Å²) in [5, 5.41) is 10.7. The van der Waals surface area contributed by atoms with Gasteiger partial charge in [-0.1, -0.05) is 24.8 Å². The molecule has 0 aliphatic rings. The minimum atomic E-state index is -0.968. The Morgan fingerprint density at radius 1 is 1.45 bits per heavy atom. The first-order valence-electron chi connectivity index (χ1n) is 6.85. The second-order valence-electron chi connectivity index (χ2n) is 4.63. The molecule has 0 spiro atoms. The summed E-state index contributed by atoms with van der Waals surface area (Å²) in [6.07, 6.45) is 1.56. The molecule has 6 heteroatoms. The number of aliphatic carboxylic acids is 1. The molecule has 1 aromatic rings. The number of carbonyl (C=O) groups excluding carboxylic acids is 1. The number of carboxylic acids is 1. The lowest BCUT2D eigenvalue weighted by molar-refractivity contribution is -0.143. The third-order valence-electron chi connectivity index (χ3n) is 2.85. The molecule has 0 saturated heterocycles. The van der Waals surface area contributed by atoms with Crippen LogP contribution in [0.3, 0.4) is 0 Å². The summed E-state index contributed by atoms with van der Waals surface area (Å²) < 4.78 is 4.98. The average molecular weight is 308 g/mol. The maximum Gasteiger partial charge on any atom is 0.328 e. The molecule has 22 heavy (non-hydrogen) atoms. The van der Waals surface area contributed by atoms with Gasteiger partial charge in [0.1, 0.15) is 12.6 Å². The highest BCUT2D eigenvalue weighted by Gasteiger charge is 2.14. The summed E-state index contributed by atoms with van der Waals surface area (Å²) >= 11 is 0. The van der Waals surface area contributed by atoms with Crippen LogP contribution >= 0.6 is 0 Å². The van der Waals surface area contributed by atoms with Gasteiger partial charge >= 0.3 is 11.9 Å². The van der Waals surface area contributed by atoms with Gasteiger partial charge in [-0.05, 0) is 38.0 Å². The Morgan fingerprint density at radius 3 is 2.55 bits per heavy atom. The van der Waals surface area contributed by atoms with E-state index in [1.165, 1.54) is 5.56 Å². The van der Waals surface area contributed by atoms with Crippen molar-refractivity contribution in [2.75, 3.05) is 18.5 Å². The molecule has 0 amide bonds. The van der Waals surface area contributed by atoms with Crippen LogP contribution in [0.5, 0.6) is 0 Å². The van der Waals surface area contributed by atoms with Crippen LogP contribution in [0.1, 0.15) is 18.1 Å². The summed E-state index contributed by atoms with van der Waals surface area (Å²) in [5.74, 6) is -1.24. The molecular formula is C16H24N2O4. The fraction of sp³-hybridized carbons (Fsp3) is 0.375. The molecule has 6 nitrogen and oxygen atoms in total. The molecule has 0 heterocycles. The predicted molar refractivity (Wildman–Crippen MR) is 86.8 cm³/mol. The maximum atomic E-state index is 11.6. The number of benzene rings is 1. The van der Waals surface area contributed by atoms with Crippen molar-refractivity contribution in [1.82, 2.24) is 0 Å². The molecule has 0 fully saturated rings. The monoisotopic (exact) mass is 308 g/mol. The Labute approximate surface area is 131 Å². The smallest absolute Gasteiger partial charge is 0.328 e. The third-order valence-corrected chi connectivity index (χ3v) is 2.85. The summed E-state index contributed by atoms with van der Waals surface area (Å²) in [6, 6.07) is 5.60. The molecule has 0 unspecified atom stereocenters. The Kier molecular flexibility index (Phi) is 9.29. The molecule has 0 aromatic heterocycles. The first-order chi connectivity index (χ1) is 10.3. The van der Waals surface area contributed by atoms with E-state index < -0.39 is 5.97 Å². The van der Waals surface area contributed by atoms with Gasteiger partial charge in [0.15, 0.2) is 0 Å². The SMILES string of the molecule is C=CCOC(=O)[C@H](C)Nc1cccc(C)c1C.NCC(=O)O. The summed E-state index contributed by atoms with van der Waals surface area (Å²) in [5.41, 5.74) is 7.88. The van der Waals surface area contributed by atoms with E-state index in [9.17, 15) is 9.59 Å². The minimum absolute atomic E-state index is 0.248. The van der Waals surface area contributed by atoms with Gasteiger partial charge in [-0.2, -0.15) is 0 Å². The standard InChI is InChI=1S/C14H19NO2.C2H5NO2/c1-5-9-17-14(16)12(4)15-13-8-6-7-10(2)11(13)3;3-1-2(4)5/h5-8,12,15H,1,9H2,2-4H3;1,3H2,(H,4,5)/t12-;/m0./s1. The largest absolute Gasteiger partial charge is 0.480 e. The summed E-state index contributed by atoms with van der Waals surface area (Å²) in [6.45, 7) is 9.33. The Balaban J connectivity index is 0.000000763. The molecule has 0 bridgehead atoms.